The molecule has 2 nitrogen and oxygen atoms in total. The van der Waals surface area contributed by atoms with Crippen LogP contribution in [0, 0.1) is 11.3 Å². The van der Waals surface area contributed by atoms with E-state index < -0.39 is 0 Å². The SMILES string of the molecule is C/C=C/C(=O)NCC1CC1(C)CCC=C(C)C. The smallest absolute Gasteiger partial charge is 0.243 e. The molecule has 1 amide bonds. The Hall–Kier alpha value is -1.05. The summed E-state index contributed by atoms with van der Waals surface area (Å²) in [6.45, 7) is 9.31. The second-order valence-electron chi connectivity index (χ2n) is 5.62. The molecular formula is C15H25NO. The lowest BCUT2D eigenvalue weighted by Gasteiger charge is -2.10. The van der Waals surface area contributed by atoms with E-state index in [-0.39, 0.29) is 5.91 Å². The molecule has 2 unspecified atom stereocenters. The van der Waals surface area contributed by atoms with Crippen molar-refractivity contribution in [1.82, 2.24) is 5.32 Å². The molecular weight excluding hydrogens is 210 g/mol. The topological polar surface area (TPSA) is 29.1 Å². The maximum Gasteiger partial charge on any atom is 0.243 e. The van der Waals surface area contributed by atoms with Crippen LogP contribution >= 0.6 is 0 Å². The van der Waals surface area contributed by atoms with Gasteiger partial charge >= 0.3 is 0 Å². The van der Waals surface area contributed by atoms with Gasteiger partial charge in [-0.3, -0.25) is 4.79 Å². The van der Waals surface area contributed by atoms with Crippen molar-refractivity contribution >= 4 is 5.91 Å². The van der Waals surface area contributed by atoms with E-state index in [1.54, 1.807) is 12.2 Å². The van der Waals surface area contributed by atoms with Crippen LogP contribution in [0.2, 0.25) is 0 Å². The third kappa shape index (κ3) is 4.76. The summed E-state index contributed by atoms with van der Waals surface area (Å²) in [5, 5.41) is 2.96. The second kappa shape index (κ2) is 6.04. The highest BCUT2D eigenvalue weighted by Crippen LogP contribution is 2.55. The van der Waals surface area contributed by atoms with Gasteiger partial charge in [-0.15, -0.1) is 0 Å². The lowest BCUT2D eigenvalue weighted by Crippen LogP contribution is -2.24. The number of hydrogen-bond acceptors (Lipinski definition) is 1. The zero-order chi connectivity index (χ0) is 12.9. The number of hydrogen-bond donors (Lipinski definition) is 1. The fourth-order valence-electron chi connectivity index (χ4n) is 2.25. The van der Waals surface area contributed by atoms with Crippen molar-refractivity contribution in [3.05, 3.63) is 23.8 Å². The lowest BCUT2D eigenvalue weighted by molar-refractivity contribution is -0.116. The highest BCUT2D eigenvalue weighted by atomic mass is 16.1. The zero-order valence-electron chi connectivity index (χ0n) is 11.5. The monoisotopic (exact) mass is 235 g/mol. The van der Waals surface area contributed by atoms with Crippen molar-refractivity contribution in [3.8, 4) is 0 Å². The van der Waals surface area contributed by atoms with Gasteiger partial charge in [0.05, 0.1) is 0 Å². The molecule has 0 heterocycles. The Bertz CT molecular complexity index is 326. The summed E-state index contributed by atoms with van der Waals surface area (Å²) in [5.41, 5.74) is 1.85. The fraction of sp³-hybridized carbons (Fsp3) is 0.667. The minimum absolute atomic E-state index is 0.0334. The van der Waals surface area contributed by atoms with Crippen LogP contribution in [0.15, 0.2) is 23.8 Å². The van der Waals surface area contributed by atoms with Crippen molar-refractivity contribution in [2.75, 3.05) is 6.54 Å². The summed E-state index contributed by atoms with van der Waals surface area (Å²) in [7, 11) is 0. The Balaban J connectivity index is 2.22. The number of rotatable bonds is 6. The van der Waals surface area contributed by atoms with E-state index in [1.165, 1.54) is 18.4 Å². The number of amides is 1. The van der Waals surface area contributed by atoms with Crippen molar-refractivity contribution in [2.24, 2.45) is 11.3 Å². The molecule has 0 saturated heterocycles. The molecule has 1 N–H and O–H groups in total. The van der Waals surface area contributed by atoms with Crippen molar-refractivity contribution in [3.63, 3.8) is 0 Å². The molecule has 0 aromatic carbocycles. The summed E-state index contributed by atoms with van der Waals surface area (Å²) < 4.78 is 0. The Morgan fingerprint density at radius 3 is 2.76 bits per heavy atom. The molecule has 0 bridgehead atoms. The molecule has 1 fully saturated rings. The number of carbonyl (C=O) groups excluding carboxylic acids is 1. The van der Waals surface area contributed by atoms with E-state index in [0.29, 0.717) is 11.3 Å². The quantitative estimate of drug-likeness (QED) is 0.554. The molecule has 17 heavy (non-hydrogen) atoms. The van der Waals surface area contributed by atoms with E-state index in [4.69, 9.17) is 0 Å². The Morgan fingerprint density at radius 2 is 2.18 bits per heavy atom. The van der Waals surface area contributed by atoms with Gasteiger partial charge < -0.3 is 5.32 Å². The maximum atomic E-state index is 11.3. The highest BCUT2D eigenvalue weighted by Gasteiger charge is 2.48. The van der Waals surface area contributed by atoms with Crippen molar-refractivity contribution in [1.29, 1.82) is 0 Å². The molecule has 0 aromatic heterocycles. The van der Waals surface area contributed by atoms with Gasteiger partial charge in [0.15, 0.2) is 0 Å². The number of nitrogens with one attached hydrogen (secondary N) is 1. The van der Waals surface area contributed by atoms with E-state index in [2.05, 4.69) is 32.2 Å². The Labute approximate surface area is 105 Å². The van der Waals surface area contributed by atoms with Crippen LogP contribution < -0.4 is 5.32 Å². The summed E-state index contributed by atoms with van der Waals surface area (Å²) in [5.74, 6) is 0.702. The van der Waals surface area contributed by atoms with Crippen LogP contribution in [0.1, 0.15) is 47.0 Å². The molecule has 1 aliphatic rings. The first-order valence-corrected chi connectivity index (χ1v) is 6.52. The number of carbonyl (C=O) groups is 1. The highest BCUT2D eigenvalue weighted by molar-refractivity contribution is 5.87. The predicted molar refractivity (Wildman–Crippen MR) is 72.7 cm³/mol. The molecule has 0 aliphatic heterocycles. The van der Waals surface area contributed by atoms with Crippen LogP contribution in [-0.2, 0) is 4.79 Å². The Morgan fingerprint density at radius 1 is 1.47 bits per heavy atom. The van der Waals surface area contributed by atoms with Gasteiger partial charge in [0.1, 0.15) is 0 Å². The number of allylic oxidation sites excluding steroid dienone is 3. The normalized spacial score (nSPS) is 26.9. The second-order valence-corrected chi connectivity index (χ2v) is 5.62. The molecule has 96 valence electrons. The minimum atomic E-state index is 0.0334. The van der Waals surface area contributed by atoms with E-state index in [1.807, 2.05) is 6.92 Å². The molecule has 1 rings (SSSR count). The lowest BCUT2D eigenvalue weighted by atomic mass is 9.99. The Kier molecular flexibility index (Phi) is 4.98. The largest absolute Gasteiger partial charge is 0.352 e. The van der Waals surface area contributed by atoms with Crippen LogP contribution in [0.25, 0.3) is 0 Å². The molecule has 0 radical (unpaired) electrons. The first-order chi connectivity index (χ1) is 7.98. The van der Waals surface area contributed by atoms with Gasteiger partial charge in [-0.2, -0.15) is 0 Å². The average Bonchev–Trinajstić information content (AvgIpc) is 2.87. The van der Waals surface area contributed by atoms with Gasteiger partial charge in [-0.25, -0.2) is 0 Å². The van der Waals surface area contributed by atoms with Crippen molar-refractivity contribution < 1.29 is 4.79 Å². The van der Waals surface area contributed by atoms with E-state index in [0.717, 1.165) is 13.0 Å². The van der Waals surface area contributed by atoms with Gasteiger partial charge in [-0.05, 0) is 57.4 Å². The molecule has 0 aromatic rings. The van der Waals surface area contributed by atoms with Gasteiger partial charge in [0, 0.05) is 6.54 Å². The van der Waals surface area contributed by atoms with Crippen molar-refractivity contribution in [2.45, 2.75) is 47.0 Å². The third-order valence-corrected chi connectivity index (χ3v) is 3.65. The average molecular weight is 235 g/mol. The predicted octanol–water partition coefficient (Wildman–Crippen LogP) is 3.45. The fourth-order valence-corrected chi connectivity index (χ4v) is 2.25. The first-order valence-electron chi connectivity index (χ1n) is 6.52. The van der Waals surface area contributed by atoms with Gasteiger partial charge in [0.2, 0.25) is 5.91 Å². The summed E-state index contributed by atoms with van der Waals surface area (Å²) in [6, 6.07) is 0. The summed E-state index contributed by atoms with van der Waals surface area (Å²) >= 11 is 0. The van der Waals surface area contributed by atoms with E-state index in [9.17, 15) is 4.79 Å². The van der Waals surface area contributed by atoms with Gasteiger partial charge in [0.25, 0.3) is 0 Å². The molecule has 1 aliphatic carbocycles. The van der Waals surface area contributed by atoms with Crippen LogP contribution in [0.3, 0.4) is 0 Å². The standard InChI is InChI=1S/C15H25NO/c1-5-7-14(17)16-11-13-10-15(13,4)9-6-8-12(2)3/h5,7-8,13H,6,9-11H2,1-4H3,(H,16,17)/b7-5+. The minimum Gasteiger partial charge on any atom is -0.352 e. The third-order valence-electron chi connectivity index (χ3n) is 3.65. The van der Waals surface area contributed by atoms with Crippen LogP contribution in [0.5, 0.6) is 0 Å². The molecule has 0 spiro atoms. The molecule has 1 saturated carbocycles. The van der Waals surface area contributed by atoms with Crippen LogP contribution in [-0.4, -0.2) is 12.5 Å². The molecule has 2 heteroatoms. The maximum absolute atomic E-state index is 11.3. The summed E-state index contributed by atoms with van der Waals surface area (Å²) in [4.78, 5) is 11.3. The molecule has 2 atom stereocenters. The van der Waals surface area contributed by atoms with E-state index >= 15 is 0 Å². The van der Waals surface area contributed by atoms with Gasteiger partial charge in [-0.1, -0.05) is 24.6 Å². The summed E-state index contributed by atoms with van der Waals surface area (Å²) in [6.07, 6.45) is 9.32. The zero-order valence-corrected chi connectivity index (χ0v) is 11.5. The van der Waals surface area contributed by atoms with Crippen LogP contribution in [0.4, 0.5) is 0 Å². The first kappa shape index (κ1) is 14.0.